The van der Waals surface area contributed by atoms with Crippen molar-refractivity contribution < 1.29 is 0 Å². The van der Waals surface area contributed by atoms with Crippen LogP contribution in [0.2, 0.25) is 0 Å². The van der Waals surface area contributed by atoms with Crippen LogP contribution < -0.4 is 0 Å². The summed E-state index contributed by atoms with van der Waals surface area (Å²) in [5, 5.41) is 2.56. The molecule has 0 spiro atoms. The summed E-state index contributed by atoms with van der Waals surface area (Å²) in [4.78, 5) is 0. The normalized spacial score (nSPS) is 10.9. The van der Waals surface area contributed by atoms with E-state index in [4.69, 9.17) is 0 Å². The van der Waals surface area contributed by atoms with Gasteiger partial charge in [0.15, 0.2) is 0 Å². The third kappa shape index (κ3) is 10.7. The maximum Gasteiger partial charge on any atom is -0.00880 e. The molecule has 0 atom stereocenters. The Bertz CT molecular complexity index is 1940. The van der Waals surface area contributed by atoms with Crippen LogP contribution >= 0.6 is 0 Å². The van der Waals surface area contributed by atoms with Gasteiger partial charge < -0.3 is 0 Å². The quantitative estimate of drug-likeness (QED) is 0.165. The van der Waals surface area contributed by atoms with Crippen molar-refractivity contribution in [1.29, 1.82) is 0 Å². The molecule has 7 aromatic rings. The van der Waals surface area contributed by atoms with Gasteiger partial charge in [-0.3, -0.25) is 0 Å². The monoisotopic (exact) mass is 606 g/mol. The lowest BCUT2D eigenvalue weighted by Crippen LogP contribution is -1.87. The van der Waals surface area contributed by atoms with Gasteiger partial charge in [0.1, 0.15) is 0 Å². The topological polar surface area (TPSA) is 0 Å². The molecule has 0 saturated heterocycles. The largest absolute Gasteiger partial charge is 0.0723 e. The van der Waals surface area contributed by atoms with Crippen LogP contribution in [0, 0.1) is 13.8 Å². The standard InChI is InChI=1S/C34H28.C7H8.C6H6/c1-26-12-17-31(18-13-26)33-23-22-32-21-16-28(24-34(32)25-33)15-20-30(29-10-6-3-7-11-29)19-14-27-8-4-2-5-9-27;1-7-5-3-2-4-6-7;1-2-4-6-5-3-1/h2-14,16-25H,15H2,1H3;2-6H,1H3;1-6H/b19-14+,30-20+;;. The van der Waals surface area contributed by atoms with Gasteiger partial charge in [-0.1, -0.05) is 211 Å². The van der Waals surface area contributed by atoms with Gasteiger partial charge in [-0.05, 0) is 70.5 Å². The zero-order valence-corrected chi connectivity index (χ0v) is 27.3. The summed E-state index contributed by atoms with van der Waals surface area (Å²) in [6.45, 7) is 4.21. The molecular weight excluding hydrogens is 565 g/mol. The van der Waals surface area contributed by atoms with E-state index in [0.29, 0.717) is 0 Å². The lowest BCUT2D eigenvalue weighted by Gasteiger charge is -2.08. The molecule has 0 aliphatic rings. The summed E-state index contributed by atoms with van der Waals surface area (Å²) in [5.74, 6) is 0. The first-order valence-corrected chi connectivity index (χ1v) is 16.2. The number of hydrogen-bond donors (Lipinski definition) is 0. The smallest absolute Gasteiger partial charge is 0.00880 e. The molecule has 0 heterocycles. The van der Waals surface area contributed by atoms with Crippen molar-refractivity contribution in [1.82, 2.24) is 0 Å². The summed E-state index contributed by atoms with van der Waals surface area (Å²) in [6, 6.07) is 65.7. The van der Waals surface area contributed by atoms with Crippen molar-refractivity contribution in [3.05, 3.63) is 228 Å². The van der Waals surface area contributed by atoms with Crippen molar-refractivity contribution in [2.45, 2.75) is 20.3 Å². The molecule has 0 aliphatic heterocycles. The lowest BCUT2D eigenvalue weighted by atomic mass is 9.97. The van der Waals surface area contributed by atoms with E-state index in [1.807, 2.05) is 54.6 Å². The molecule has 0 fully saturated rings. The summed E-state index contributed by atoms with van der Waals surface area (Å²) >= 11 is 0. The van der Waals surface area contributed by atoms with Crippen molar-refractivity contribution in [3.8, 4) is 11.1 Å². The molecular formula is C47H42. The molecule has 0 nitrogen and oxygen atoms in total. The molecule has 7 aromatic carbocycles. The number of fused-ring (bicyclic) bond motifs is 1. The Hall–Kier alpha value is -5.72. The zero-order chi connectivity index (χ0) is 32.5. The molecule has 0 unspecified atom stereocenters. The summed E-state index contributed by atoms with van der Waals surface area (Å²) in [5.41, 5.74) is 10.1. The Labute approximate surface area is 281 Å². The Morgan fingerprint density at radius 1 is 0.447 bits per heavy atom. The van der Waals surface area contributed by atoms with Gasteiger partial charge in [-0.2, -0.15) is 0 Å². The number of benzene rings is 7. The lowest BCUT2D eigenvalue weighted by molar-refractivity contribution is 1.28. The van der Waals surface area contributed by atoms with Gasteiger partial charge in [0, 0.05) is 0 Å². The first-order chi connectivity index (χ1) is 23.1. The maximum absolute atomic E-state index is 2.33. The van der Waals surface area contributed by atoms with E-state index in [2.05, 4.69) is 166 Å². The third-order valence-electron chi connectivity index (χ3n) is 7.82. The Morgan fingerprint density at radius 3 is 1.55 bits per heavy atom. The van der Waals surface area contributed by atoms with Crippen molar-refractivity contribution in [3.63, 3.8) is 0 Å². The Kier molecular flexibility index (Phi) is 12.3. The van der Waals surface area contributed by atoms with Crippen LogP contribution in [0.25, 0.3) is 33.5 Å². The van der Waals surface area contributed by atoms with E-state index in [1.165, 1.54) is 55.3 Å². The van der Waals surface area contributed by atoms with Crippen LogP contribution in [-0.2, 0) is 6.42 Å². The van der Waals surface area contributed by atoms with Gasteiger partial charge in [-0.15, -0.1) is 0 Å². The highest BCUT2D eigenvalue weighted by atomic mass is 14.1. The molecule has 0 aromatic heterocycles. The Balaban J connectivity index is 0.000000276. The minimum atomic E-state index is 0.883. The van der Waals surface area contributed by atoms with E-state index < -0.39 is 0 Å². The van der Waals surface area contributed by atoms with Crippen molar-refractivity contribution in [2.24, 2.45) is 0 Å². The van der Waals surface area contributed by atoms with Crippen molar-refractivity contribution in [2.75, 3.05) is 0 Å². The first-order valence-electron chi connectivity index (χ1n) is 16.2. The molecule has 0 amide bonds. The van der Waals surface area contributed by atoms with Crippen LogP contribution in [0.3, 0.4) is 0 Å². The predicted molar refractivity (Wildman–Crippen MR) is 205 cm³/mol. The van der Waals surface area contributed by atoms with Gasteiger partial charge in [0.2, 0.25) is 0 Å². The third-order valence-corrected chi connectivity index (χ3v) is 7.82. The number of aryl methyl sites for hydroxylation is 2. The van der Waals surface area contributed by atoms with E-state index >= 15 is 0 Å². The fourth-order valence-electron chi connectivity index (χ4n) is 5.16. The molecule has 0 aliphatic carbocycles. The second-order valence-electron chi connectivity index (χ2n) is 11.5. The highest BCUT2D eigenvalue weighted by Gasteiger charge is 2.03. The minimum Gasteiger partial charge on any atom is -0.0723 e. The molecule has 0 bridgehead atoms. The molecule has 0 radical (unpaired) electrons. The highest BCUT2D eigenvalue weighted by Crippen LogP contribution is 2.26. The zero-order valence-electron chi connectivity index (χ0n) is 27.3. The number of rotatable bonds is 6. The van der Waals surface area contributed by atoms with Crippen LogP contribution in [0.5, 0.6) is 0 Å². The molecule has 0 heteroatoms. The second-order valence-corrected chi connectivity index (χ2v) is 11.5. The summed E-state index contributed by atoms with van der Waals surface area (Å²) < 4.78 is 0. The second kappa shape index (κ2) is 17.7. The minimum absolute atomic E-state index is 0.883. The van der Waals surface area contributed by atoms with Crippen LogP contribution in [-0.4, -0.2) is 0 Å². The first kappa shape index (κ1) is 32.7. The fraction of sp³-hybridized carbons (Fsp3) is 0.0638. The van der Waals surface area contributed by atoms with E-state index in [1.54, 1.807) is 0 Å². The van der Waals surface area contributed by atoms with Gasteiger partial charge in [0.05, 0.1) is 0 Å². The van der Waals surface area contributed by atoms with Gasteiger partial charge in [0.25, 0.3) is 0 Å². The predicted octanol–water partition coefficient (Wildman–Crippen LogP) is 12.8. The average Bonchev–Trinajstić information content (AvgIpc) is 3.14. The van der Waals surface area contributed by atoms with Gasteiger partial charge >= 0.3 is 0 Å². The van der Waals surface area contributed by atoms with Crippen LogP contribution in [0.1, 0.15) is 27.8 Å². The van der Waals surface area contributed by atoms with Crippen LogP contribution in [0.15, 0.2) is 200 Å². The number of hydrogen-bond acceptors (Lipinski definition) is 0. The van der Waals surface area contributed by atoms with E-state index in [9.17, 15) is 0 Å². The highest BCUT2D eigenvalue weighted by molar-refractivity contribution is 5.88. The fourth-order valence-corrected chi connectivity index (χ4v) is 5.16. The molecule has 7 rings (SSSR count). The van der Waals surface area contributed by atoms with Crippen molar-refractivity contribution >= 4 is 22.4 Å². The Morgan fingerprint density at radius 2 is 0.957 bits per heavy atom. The van der Waals surface area contributed by atoms with E-state index in [0.717, 1.165) is 6.42 Å². The molecule has 0 saturated carbocycles. The SMILES string of the molecule is Cc1ccc(-c2ccc3ccc(C/C=C(\C=C\c4ccccc4)c4ccccc4)cc3c2)cc1.Cc1ccccc1.c1ccccc1. The molecule has 47 heavy (non-hydrogen) atoms. The van der Waals surface area contributed by atoms with Crippen LogP contribution in [0.4, 0.5) is 0 Å². The molecule has 0 N–H and O–H groups in total. The van der Waals surface area contributed by atoms with E-state index in [-0.39, 0.29) is 0 Å². The maximum atomic E-state index is 2.33. The summed E-state index contributed by atoms with van der Waals surface area (Å²) in [6.07, 6.45) is 7.63. The molecule has 230 valence electrons. The summed E-state index contributed by atoms with van der Waals surface area (Å²) in [7, 11) is 0. The number of allylic oxidation sites excluding steroid dienone is 3. The van der Waals surface area contributed by atoms with Gasteiger partial charge in [-0.25, -0.2) is 0 Å². The average molecular weight is 607 g/mol.